The Morgan fingerprint density at radius 1 is 1.38 bits per heavy atom. The third kappa shape index (κ3) is 1.22. The van der Waals surface area contributed by atoms with E-state index in [4.69, 9.17) is 4.78 Å². The van der Waals surface area contributed by atoms with Crippen LogP contribution in [0, 0.1) is 4.78 Å². The molecule has 48 valence electrons. The van der Waals surface area contributed by atoms with Crippen LogP contribution < -0.4 is 0 Å². The maximum absolute atomic E-state index is 10.4. The van der Waals surface area contributed by atoms with E-state index >= 15 is 0 Å². The quantitative estimate of drug-likeness (QED) is 0.541. The average molecular weight is 132 g/mol. The van der Waals surface area contributed by atoms with Crippen LogP contribution in [0.4, 0.5) is 0 Å². The van der Waals surface area contributed by atoms with Crippen LogP contribution in [-0.2, 0) is 14.8 Å². The Hall–Kier alpha value is -0.0500. The van der Waals surface area contributed by atoms with E-state index in [0.717, 1.165) is 12.8 Å². The molecule has 0 aromatic carbocycles. The van der Waals surface area contributed by atoms with Gasteiger partial charge in [-0.2, -0.15) is 10.6 Å². The Bertz CT molecular complexity index is 127. The lowest BCUT2D eigenvalue weighted by Crippen LogP contribution is -1.99. The van der Waals surface area contributed by atoms with E-state index < -0.39 is 10.6 Å². The summed E-state index contributed by atoms with van der Waals surface area (Å²) < 4.78 is 17.3. The van der Waals surface area contributed by atoms with Crippen molar-refractivity contribution < 1.29 is 4.21 Å². The predicted octanol–water partition coefficient (Wildman–Crippen LogP) is 1.66. The van der Waals surface area contributed by atoms with Crippen LogP contribution in [-0.4, -0.2) is 5.25 Å². The normalized spacial score (nSPS) is 22.6. The van der Waals surface area contributed by atoms with Crippen LogP contribution in [0.3, 0.4) is 0 Å². The maximum Gasteiger partial charge on any atom is -0.0547 e. The molecule has 8 heavy (non-hydrogen) atoms. The van der Waals surface area contributed by atoms with Crippen molar-refractivity contribution in [1.82, 2.24) is 0 Å². The third-order valence-corrected chi connectivity index (χ3v) is 2.68. The van der Waals surface area contributed by atoms with Crippen molar-refractivity contribution >= 4 is 10.6 Å². The summed E-state index contributed by atoms with van der Waals surface area (Å²) in [7, 11) is -1.29. The van der Waals surface area contributed by atoms with Crippen molar-refractivity contribution in [2.24, 2.45) is 0 Å². The second-order valence-corrected chi connectivity index (χ2v) is 3.47. The zero-order chi connectivity index (χ0) is 5.98. The fourth-order valence-corrected chi connectivity index (χ4v) is 1.86. The maximum atomic E-state index is 10.4. The van der Waals surface area contributed by atoms with Crippen molar-refractivity contribution in [2.75, 3.05) is 0 Å². The van der Waals surface area contributed by atoms with Gasteiger partial charge < -0.3 is 8.99 Å². The molecule has 0 unspecified atom stereocenters. The highest BCUT2D eigenvalue weighted by Crippen LogP contribution is 2.20. The molecule has 0 bridgehead atoms. The minimum Gasteiger partial charge on any atom is -0.444 e. The van der Waals surface area contributed by atoms with E-state index in [9.17, 15) is 4.21 Å². The first kappa shape index (κ1) is 6.08. The zero-order valence-corrected chi connectivity index (χ0v) is 5.54. The molecule has 2 nitrogen and oxygen atoms in total. The lowest BCUT2D eigenvalue weighted by molar-refractivity contribution is 0.590. The molecule has 0 aliphatic heterocycles. The van der Waals surface area contributed by atoms with Crippen molar-refractivity contribution in [3.8, 4) is 0 Å². The van der Waals surface area contributed by atoms with Gasteiger partial charge in [-0.3, -0.25) is 0 Å². The third-order valence-electron chi connectivity index (χ3n) is 1.60. The summed E-state index contributed by atoms with van der Waals surface area (Å²) in [5.41, 5.74) is 0. The van der Waals surface area contributed by atoms with Gasteiger partial charge in [-0.25, -0.2) is 0 Å². The summed E-state index contributed by atoms with van der Waals surface area (Å²) in [4.78, 5) is 0. The molecule has 0 amide bonds. The van der Waals surface area contributed by atoms with Crippen LogP contribution in [0.25, 0.3) is 0 Å². The Labute approximate surface area is 51.3 Å². The average Bonchev–Trinajstić information content (AvgIpc) is 2.12. The summed E-state index contributed by atoms with van der Waals surface area (Å²) in [5.74, 6) is 0. The van der Waals surface area contributed by atoms with Crippen LogP contribution in [0.2, 0.25) is 0 Å². The molecule has 1 rings (SSSR count). The van der Waals surface area contributed by atoms with Gasteiger partial charge in [-0.15, -0.1) is 0 Å². The molecule has 0 spiro atoms. The molecule has 1 fully saturated rings. The van der Waals surface area contributed by atoms with Gasteiger partial charge in [0.2, 0.25) is 0 Å². The summed E-state index contributed by atoms with van der Waals surface area (Å²) in [6.45, 7) is 0. The van der Waals surface area contributed by atoms with Crippen molar-refractivity contribution in [1.29, 1.82) is 4.78 Å². The van der Waals surface area contributed by atoms with Crippen LogP contribution in [0.1, 0.15) is 25.7 Å². The SMILES string of the molecule is N=[S-](=O)C1CCCC1. The fraction of sp³-hybridized carbons (Fsp3) is 1.00. The largest absolute Gasteiger partial charge is 0.444 e. The molecule has 0 radical (unpaired) electrons. The molecule has 1 saturated carbocycles. The second kappa shape index (κ2) is 2.49. The second-order valence-electron chi connectivity index (χ2n) is 2.20. The number of hydrogen-bond donors (Lipinski definition) is 1. The number of hydrogen-bond acceptors (Lipinski definition) is 3. The molecule has 0 heterocycles. The standard InChI is InChI=1S/C5H10NOS/c6-8(7)5-3-1-2-4-5/h5-6H,1-4H2/q-1. The van der Waals surface area contributed by atoms with E-state index in [0.29, 0.717) is 0 Å². The molecule has 0 saturated heterocycles. The van der Waals surface area contributed by atoms with Gasteiger partial charge >= 0.3 is 0 Å². The first-order valence-electron chi connectivity index (χ1n) is 2.92. The van der Waals surface area contributed by atoms with Gasteiger partial charge in [0.1, 0.15) is 0 Å². The van der Waals surface area contributed by atoms with Gasteiger partial charge in [0.05, 0.1) is 0 Å². The minimum absolute atomic E-state index is 0.204. The Balaban J connectivity index is 2.47. The first-order chi connectivity index (χ1) is 3.80. The van der Waals surface area contributed by atoms with Crippen LogP contribution in [0.15, 0.2) is 0 Å². The summed E-state index contributed by atoms with van der Waals surface area (Å²) in [6, 6.07) is 0. The Morgan fingerprint density at radius 2 is 1.88 bits per heavy atom. The van der Waals surface area contributed by atoms with Crippen LogP contribution in [0.5, 0.6) is 0 Å². The van der Waals surface area contributed by atoms with Crippen molar-refractivity contribution in [2.45, 2.75) is 30.9 Å². The first-order valence-corrected chi connectivity index (χ1v) is 4.14. The van der Waals surface area contributed by atoms with Gasteiger partial charge in [0.15, 0.2) is 0 Å². The molecular formula is C5H10NOS-. The molecule has 0 aromatic rings. The zero-order valence-electron chi connectivity index (χ0n) is 4.72. The van der Waals surface area contributed by atoms with Crippen molar-refractivity contribution in [3.63, 3.8) is 0 Å². The number of nitrogens with one attached hydrogen (secondary N) is 1. The molecule has 3 heteroatoms. The molecule has 1 aliphatic rings. The molecule has 1 N–H and O–H groups in total. The van der Waals surface area contributed by atoms with Crippen LogP contribution >= 0.6 is 0 Å². The molecule has 1 aliphatic carbocycles. The summed E-state index contributed by atoms with van der Waals surface area (Å²) >= 11 is 0. The van der Waals surface area contributed by atoms with Gasteiger partial charge in [-0.1, -0.05) is 30.9 Å². The monoisotopic (exact) mass is 132 g/mol. The lowest BCUT2D eigenvalue weighted by atomic mass is 10.4. The van der Waals surface area contributed by atoms with E-state index in [-0.39, 0.29) is 5.25 Å². The van der Waals surface area contributed by atoms with Gasteiger partial charge in [0.25, 0.3) is 0 Å². The lowest BCUT2D eigenvalue weighted by Gasteiger charge is -2.07. The molecule has 0 atom stereocenters. The topological polar surface area (TPSA) is 40.9 Å². The predicted molar refractivity (Wildman–Crippen MR) is 33.0 cm³/mol. The van der Waals surface area contributed by atoms with Gasteiger partial charge in [-0.05, 0) is 0 Å². The highest BCUT2D eigenvalue weighted by molar-refractivity contribution is 7.74. The molecular weight excluding hydrogens is 122 g/mol. The van der Waals surface area contributed by atoms with E-state index in [1.807, 2.05) is 0 Å². The summed E-state index contributed by atoms with van der Waals surface area (Å²) in [5, 5.41) is 0.204. The fourth-order valence-electron chi connectivity index (χ4n) is 1.10. The Kier molecular flexibility index (Phi) is 1.89. The van der Waals surface area contributed by atoms with E-state index in [1.165, 1.54) is 12.8 Å². The summed E-state index contributed by atoms with van der Waals surface area (Å²) in [6.07, 6.45) is 4.37. The highest BCUT2D eigenvalue weighted by atomic mass is 32.2. The van der Waals surface area contributed by atoms with Crippen molar-refractivity contribution in [3.05, 3.63) is 0 Å². The smallest absolute Gasteiger partial charge is 0.0547 e. The molecule has 0 aromatic heterocycles. The minimum atomic E-state index is -1.29. The highest BCUT2D eigenvalue weighted by Gasteiger charge is 2.07. The van der Waals surface area contributed by atoms with E-state index in [2.05, 4.69) is 0 Å². The van der Waals surface area contributed by atoms with E-state index in [1.54, 1.807) is 0 Å². The Morgan fingerprint density at radius 3 is 2.12 bits per heavy atom. The number of rotatable bonds is 1. The van der Waals surface area contributed by atoms with Gasteiger partial charge in [0, 0.05) is 0 Å².